The fraction of sp³-hybridized carbons (Fsp3) is 0.455. The van der Waals surface area contributed by atoms with E-state index < -0.39 is 35.6 Å². The number of halogens is 8. The molecule has 16 nitrogen and oxygen atoms in total. The minimum absolute atomic E-state index is 0.317. The van der Waals surface area contributed by atoms with Gasteiger partial charge in [0.05, 0.1) is 12.7 Å². The summed E-state index contributed by atoms with van der Waals surface area (Å²) < 4.78 is 107. The van der Waals surface area contributed by atoms with Crippen molar-refractivity contribution in [2.24, 2.45) is 42.3 Å². The lowest BCUT2D eigenvalue weighted by molar-refractivity contribution is -0.353. The van der Waals surface area contributed by atoms with Gasteiger partial charge in [-0.1, -0.05) is 0 Å². The lowest BCUT2D eigenvalue weighted by Crippen LogP contribution is -2.66. The molecule has 0 aliphatic carbocycles. The van der Waals surface area contributed by atoms with Gasteiger partial charge in [0.25, 0.3) is 11.1 Å². The molecular formula is C22H22F8N8O8. The molecule has 0 aliphatic rings. The van der Waals surface area contributed by atoms with E-state index >= 15 is 0 Å². The quantitative estimate of drug-likeness (QED) is 0.263. The van der Waals surface area contributed by atoms with Crippen LogP contribution in [0.2, 0.25) is 0 Å². The average Bonchev–Trinajstić information content (AvgIpc) is 3.55. The van der Waals surface area contributed by atoms with Crippen LogP contribution in [0.3, 0.4) is 0 Å². The van der Waals surface area contributed by atoms with Crippen LogP contribution < -0.4 is 22.5 Å². The molecule has 24 heteroatoms. The lowest BCUT2D eigenvalue weighted by atomic mass is 9.99. The van der Waals surface area contributed by atoms with E-state index in [4.69, 9.17) is 10.2 Å². The summed E-state index contributed by atoms with van der Waals surface area (Å²) in [5, 5.41) is 15.2. The molecule has 0 aromatic carbocycles. The first-order chi connectivity index (χ1) is 20.7. The topological polar surface area (TPSA) is 198 Å². The number of hydrogen-bond acceptors (Lipinski definition) is 8. The molecule has 4 heterocycles. The zero-order valence-corrected chi connectivity index (χ0v) is 24.1. The van der Waals surface area contributed by atoms with Crippen molar-refractivity contribution in [3.8, 4) is 0 Å². The average molecular weight is 678 g/mol. The van der Waals surface area contributed by atoms with Crippen molar-refractivity contribution in [1.29, 1.82) is 0 Å². The molecule has 0 bridgehead atoms. The van der Waals surface area contributed by atoms with Gasteiger partial charge in [-0.05, 0) is 0 Å². The summed E-state index contributed by atoms with van der Waals surface area (Å²) in [5.74, 6) is -35.0. The Balaban J connectivity index is 0.000000242. The Hall–Kier alpha value is -5.32. The van der Waals surface area contributed by atoms with E-state index in [1.165, 1.54) is 35.9 Å². The van der Waals surface area contributed by atoms with Gasteiger partial charge < -0.3 is 19.3 Å². The Morgan fingerprint density at radius 1 is 0.565 bits per heavy atom. The maximum absolute atomic E-state index is 12.5. The largest absolute Gasteiger partial charge is 0.477 e. The number of aromatic nitrogens is 8. The monoisotopic (exact) mass is 678 g/mol. The number of imidazole rings is 2. The van der Waals surface area contributed by atoms with Crippen molar-refractivity contribution in [3.63, 3.8) is 0 Å². The first-order valence-electron chi connectivity index (χ1n) is 11.8. The van der Waals surface area contributed by atoms with Crippen LogP contribution in [0.1, 0.15) is 0 Å². The van der Waals surface area contributed by atoms with Crippen LogP contribution in [0.5, 0.6) is 0 Å². The highest BCUT2D eigenvalue weighted by Crippen LogP contribution is 2.52. The van der Waals surface area contributed by atoms with Gasteiger partial charge in [0, 0.05) is 42.3 Å². The summed E-state index contributed by atoms with van der Waals surface area (Å²) in [6, 6.07) is 0. The van der Waals surface area contributed by atoms with Crippen molar-refractivity contribution < 1.29 is 54.9 Å². The zero-order valence-electron chi connectivity index (χ0n) is 24.1. The fourth-order valence-corrected chi connectivity index (χ4v) is 3.61. The third-order valence-electron chi connectivity index (χ3n) is 6.35. The van der Waals surface area contributed by atoms with Crippen molar-refractivity contribution in [2.45, 2.75) is 23.7 Å². The summed E-state index contributed by atoms with van der Waals surface area (Å²) in [4.78, 5) is 73.6. The predicted octanol–water partition coefficient (Wildman–Crippen LogP) is -0.362. The number of fused-ring (bicyclic) bond motifs is 2. The molecule has 0 atom stereocenters. The molecule has 0 unspecified atom stereocenters. The lowest BCUT2D eigenvalue weighted by Gasteiger charge is -2.32. The molecule has 0 saturated heterocycles. The first-order valence-corrected chi connectivity index (χ1v) is 11.8. The van der Waals surface area contributed by atoms with Gasteiger partial charge in [-0.2, -0.15) is 35.1 Å². The molecule has 4 aromatic rings. The van der Waals surface area contributed by atoms with Crippen molar-refractivity contribution in [1.82, 2.24) is 37.4 Å². The van der Waals surface area contributed by atoms with Gasteiger partial charge in [0.2, 0.25) is 0 Å². The molecule has 0 saturated carbocycles. The van der Waals surface area contributed by atoms with Gasteiger partial charge in [-0.15, -0.1) is 0 Å². The highest BCUT2D eigenvalue weighted by Gasteiger charge is 2.85. The Labute approximate surface area is 247 Å². The number of hydrogen-bond donors (Lipinski definition) is 2. The van der Waals surface area contributed by atoms with Gasteiger partial charge in [0.1, 0.15) is 0 Å². The molecule has 0 aliphatic heterocycles. The highest BCUT2D eigenvalue weighted by molar-refractivity contribution is 5.80. The number of rotatable bonds is 5. The number of nitrogens with zero attached hydrogens (tertiary/aromatic N) is 8. The maximum Gasteiger partial charge on any atom is 0.410 e. The third-order valence-corrected chi connectivity index (χ3v) is 6.35. The van der Waals surface area contributed by atoms with Crippen molar-refractivity contribution in [3.05, 3.63) is 54.3 Å². The van der Waals surface area contributed by atoms with E-state index in [2.05, 4.69) is 9.97 Å². The molecule has 254 valence electrons. The number of carboxylic acid groups (broad SMARTS) is 2. The Bertz CT molecular complexity index is 1940. The van der Waals surface area contributed by atoms with Crippen LogP contribution in [0.15, 0.2) is 31.8 Å². The van der Waals surface area contributed by atoms with Crippen LogP contribution in [-0.2, 0) is 51.9 Å². The molecular weight excluding hydrogens is 656 g/mol. The van der Waals surface area contributed by atoms with Crippen LogP contribution in [0.25, 0.3) is 22.3 Å². The van der Waals surface area contributed by atoms with E-state index in [0.29, 0.717) is 22.3 Å². The Morgan fingerprint density at radius 3 is 1.07 bits per heavy atom. The number of aliphatic carboxylic acids is 2. The van der Waals surface area contributed by atoms with Crippen LogP contribution in [0, 0.1) is 0 Å². The second kappa shape index (κ2) is 11.9. The number of aryl methyl sites for hydroxylation is 4. The van der Waals surface area contributed by atoms with Gasteiger partial charge in [-0.25, -0.2) is 29.1 Å². The summed E-state index contributed by atoms with van der Waals surface area (Å²) in [6.07, 6.45) is 3.04. The molecule has 0 fully saturated rings. The minimum Gasteiger partial charge on any atom is -0.477 e. The Kier molecular flexibility index (Phi) is 9.52. The predicted molar refractivity (Wildman–Crippen MR) is 137 cm³/mol. The molecule has 4 rings (SSSR count). The number of carboxylic acids is 2. The van der Waals surface area contributed by atoms with Gasteiger partial charge >= 0.3 is 47.0 Å². The normalized spacial score (nSPS) is 12.4. The molecule has 0 amide bonds. The standard InChI is InChI=1S/2C8H10N4O2.C6H2F8O4/c2*1-10-4-9-6-5(10)7(13)12(3)8(14)11(6)2;7-3(8,1(15)16)5(11,12)6(13,14)4(9,10)2(17)18/h2*4H,1-3H3;(H,15,16)(H,17,18). The van der Waals surface area contributed by atoms with E-state index in [0.717, 1.165) is 9.13 Å². The van der Waals surface area contributed by atoms with Gasteiger partial charge in [-0.3, -0.25) is 27.9 Å². The maximum atomic E-state index is 12.5. The van der Waals surface area contributed by atoms with Crippen LogP contribution in [-0.4, -0.2) is 83.2 Å². The summed E-state index contributed by atoms with van der Waals surface area (Å²) in [5.41, 5.74) is 0.360. The summed E-state index contributed by atoms with van der Waals surface area (Å²) in [7, 11) is 9.55. The Morgan fingerprint density at radius 2 is 0.826 bits per heavy atom. The highest BCUT2D eigenvalue weighted by atomic mass is 19.4. The zero-order chi connectivity index (χ0) is 36.1. The van der Waals surface area contributed by atoms with E-state index in [-0.39, 0.29) is 22.5 Å². The van der Waals surface area contributed by atoms with Gasteiger partial charge in [0.15, 0.2) is 22.3 Å². The van der Waals surface area contributed by atoms with E-state index in [1.807, 2.05) is 0 Å². The molecule has 0 spiro atoms. The summed E-state index contributed by atoms with van der Waals surface area (Å²) >= 11 is 0. The molecule has 0 radical (unpaired) electrons. The van der Waals surface area contributed by atoms with Crippen molar-refractivity contribution >= 4 is 34.3 Å². The molecule has 4 aromatic heterocycles. The van der Waals surface area contributed by atoms with E-state index in [9.17, 15) is 63.9 Å². The molecule has 46 heavy (non-hydrogen) atoms. The number of carbonyl (C=O) groups is 2. The number of alkyl halides is 8. The summed E-state index contributed by atoms with van der Waals surface area (Å²) in [6.45, 7) is 0. The second-order valence-corrected chi connectivity index (χ2v) is 9.37. The molecule has 2 N–H and O–H groups in total. The SMILES string of the molecule is Cn1c(=O)c2c(ncn2C)n(C)c1=O.Cn1c(=O)c2c(ncn2C)n(C)c1=O.O=C(O)C(F)(F)C(F)(F)C(F)(F)C(F)(F)C(=O)O. The van der Waals surface area contributed by atoms with Crippen LogP contribution >= 0.6 is 0 Å². The first kappa shape index (κ1) is 36.9. The van der Waals surface area contributed by atoms with Crippen LogP contribution in [0.4, 0.5) is 35.1 Å². The second-order valence-electron chi connectivity index (χ2n) is 9.37. The fourth-order valence-electron chi connectivity index (χ4n) is 3.61. The smallest absolute Gasteiger partial charge is 0.410 e. The van der Waals surface area contributed by atoms with Crippen molar-refractivity contribution in [2.75, 3.05) is 0 Å². The minimum atomic E-state index is -7.12. The third kappa shape index (κ3) is 5.53. The van der Waals surface area contributed by atoms with E-state index in [1.54, 1.807) is 37.3 Å².